The average Bonchev–Trinajstić information content (AvgIpc) is 3.27. The number of carbonyl (C=O) groups excluding carboxylic acids is 4. The fourth-order valence-corrected chi connectivity index (χ4v) is 10.2. The average molecular weight is 653 g/mol. The highest BCUT2D eigenvalue weighted by molar-refractivity contribution is 8.29. The predicted molar refractivity (Wildman–Crippen MR) is 178 cm³/mol. The third-order valence-electron chi connectivity index (χ3n) is 9.08. The number of carbonyl (C=O) groups is 4. The molecule has 4 fully saturated rings. The van der Waals surface area contributed by atoms with Gasteiger partial charge in [0.25, 0.3) is 11.8 Å². The van der Waals surface area contributed by atoms with E-state index in [2.05, 4.69) is 55.4 Å². The van der Waals surface area contributed by atoms with Crippen LogP contribution < -0.4 is 0 Å². The molecule has 4 aliphatic rings. The minimum Gasteiger partial charge on any atom is -0.332 e. The highest BCUT2D eigenvalue weighted by Gasteiger charge is 2.47. The van der Waals surface area contributed by atoms with Gasteiger partial charge in [-0.3, -0.25) is 29.0 Å². The van der Waals surface area contributed by atoms with Gasteiger partial charge in [0.15, 0.2) is 0 Å². The monoisotopic (exact) mass is 652 g/mol. The first kappa shape index (κ1) is 33.4. The number of nitrogens with zero attached hydrogens (tertiary/aromatic N) is 4. The predicted octanol–water partition coefficient (Wildman–Crippen LogP) is 5.84. The van der Waals surface area contributed by atoms with E-state index in [0.29, 0.717) is 8.64 Å². The number of piperidine rings is 2. The molecule has 0 aromatic heterocycles. The summed E-state index contributed by atoms with van der Waals surface area (Å²) in [5.41, 5.74) is -1.04. The summed E-state index contributed by atoms with van der Waals surface area (Å²) in [7, 11) is 0. The van der Waals surface area contributed by atoms with Gasteiger partial charge in [0.2, 0.25) is 11.8 Å². The molecule has 0 spiro atoms. The van der Waals surface area contributed by atoms with E-state index in [4.69, 9.17) is 24.4 Å². The first-order chi connectivity index (χ1) is 19.3. The largest absolute Gasteiger partial charge is 0.332 e. The minimum absolute atomic E-state index is 0.00481. The summed E-state index contributed by atoms with van der Waals surface area (Å²) in [6, 6.07) is 0. The van der Waals surface area contributed by atoms with Gasteiger partial charge < -0.3 is 9.80 Å². The minimum atomic E-state index is -0.372. The van der Waals surface area contributed by atoms with Crippen LogP contribution in [0.1, 0.15) is 107 Å². The molecule has 0 aromatic rings. The van der Waals surface area contributed by atoms with E-state index in [0.717, 1.165) is 62.0 Å². The maximum atomic E-state index is 13.5. The van der Waals surface area contributed by atoms with Gasteiger partial charge in [-0.2, -0.15) is 0 Å². The van der Waals surface area contributed by atoms with Gasteiger partial charge in [-0.05, 0) is 93.9 Å². The van der Waals surface area contributed by atoms with Crippen LogP contribution >= 0.6 is 48.0 Å². The molecule has 0 unspecified atom stereocenters. The van der Waals surface area contributed by atoms with Gasteiger partial charge >= 0.3 is 0 Å². The summed E-state index contributed by atoms with van der Waals surface area (Å²) in [6.07, 6.45) is 6.18. The van der Waals surface area contributed by atoms with Crippen LogP contribution in [0.2, 0.25) is 0 Å². The van der Waals surface area contributed by atoms with Crippen molar-refractivity contribution in [2.75, 3.05) is 13.1 Å². The Morgan fingerprint density at radius 2 is 0.905 bits per heavy atom. The number of amides is 4. The van der Waals surface area contributed by atoms with E-state index in [1.807, 2.05) is 9.80 Å². The van der Waals surface area contributed by atoms with Gasteiger partial charge in [-0.25, -0.2) is 0 Å². The molecule has 0 aromatic carbocycles. The van der Waals surface area contributed by atoms with E-state index in [1.54, 1.807) is 0 Å². The van der Waals surface area contributed by atoms with E-state index in [-0.39, 0.29) is 81.5 Å². The van der Waals surface area contributed by atoms with Gasteiger partial charge in [0.1, 0.15) is 8.64 Å². The van der Waals surface area contributed by atoms with Crippen LogP contribution in [0.3, 0.4) is 0 Å². The fraction of sp³-hybridized carbons (Fsp3) is 0.733. The first-order valence-corrected chi connectivity index (χ1v) is 17.2. The Bertz CT molecular complexity index is 1130. The Morgan fingerprint density at radius 3 is 1.19 bits per heavy atom. The van der Waals surface area contributed by atoms with E-state index in [9.17, 15) is 19.2 Å². The number of thiocarbonyl (C=S) groups is 2. The Morgan fingerprint density at radius 1 is 0.619 bits per heavy atom. The lowest BCUT2D eigenvalue weighted by Crippen LogP contribution is -2.61. The van der Waals surface area contributed by atoms with Crippen molar-refractivity contribution in [3.8, 4) is 0 Å². The smallest absolute Gasteiger partial charge is 0.267 e. The molecular weight excluding hydrogens is 609 g/mol. The Kier molecular flexibility index (Phi) is 9.37. The van der Waals surface area contributed by atoms with Crippen molar-refractivity contribution in [1.29, 1.82) is 0 Å². The summed E-state index contributed by atoms with van der Waals surface area (Å²) < 4.78 is 0.657. The second-order valence-electron chi connectivity index (χ2n) is 14.2. The lowest BCUT2D eigenvalue weighted by Gasteiger charge is -2.53. The number of likely N-dealkylation sites (tertiary alicyclic amines) is 2. The number of hydrogen-bond donors (Lipinski definition) is 0. The zero-order chi connectivity index (χ0) is 31.4. The summed E-state index contributed by atoms with van der Waals surface area (Å²) in [4.78, 5) is 61.0. The highest BCUT2D eigenvalue weighted by Crippen LogP contribution is 2.44. The third-order valence-corrected chi connectivity index (χ3v) is 12.1. The van der Waals surface area contributed by atoms with Crippen LogP contribution in [0.25, 0.3) is 0 Å². The van der Waals surface area contributed by atoms with E-state index >= 15 is 0 Å². The van der Waals surface area contributed by atoms with Crippen molar-refractivity contribution in [1.82, 2.24) is 19.6 Å². The molecule has 0 bridgehead atoms. The molecule has 4 aliphatic heterocycles. The Labute approximate surface area is 269 Å². The van der Waals surface area contributed by atoms with Crippen LogP contribution in [-0.4, -0.2) is 87.1 Å². The fourth-order valence-electron chi connectivity index (χ4n) is 7.44. The quantitative estimate of drug-likeness (QED) is 0.262. The molecular formula is C30H44N4O4S4. The molecule has 0 N–H and O–H groups in total. The Hall–Kier alpha value is -1.50. The van der Waals surface area contributed by atoms with Crippen molar-refractivity contribution in [3.05, 3.63) is 9.81 Å². The number of thioether (sulfide) groups is 2. The van der Waals surface area contributed by atoms with Gasteiger partial charge in [-0.1, -0.05) is 48.0 Å². The number of hydrogen-bond acceptors (Lipinski definition) is 8. The SMILES string of the molecule is CC1(C)CCCC(C)(C)N1C(=O)CCN1C(=O)C(=C2SC(=S)N(CCC(=O)N3C(C)(C)CCCC3(C)C)C2=O)SC1=S. The molecule has 232 valence electrons. The lowest BCUT2D eigenvalue weighted by atomic mass is 9.79. The van der Waals surface area contributed by atoms with Crippen LogP contribution in [0.5, 0.6) is 0 Å². The van der Waals surface area contributed by atoms with Gasteiger partial charge in [-0.15, -0.1) is 0 Å². The molecule has 0 radical (unpaired) electrons. The summed E-state index contributed by atoms with van der Waals surface area (Å²) in [5, 5.41) is 0. The zero-order valence-corrected chi connectivity index (χ0v) is 29.4. The molecule has 42 heavy (non-hydrogen) atoms. The summed E-state index contributed by atoms with van der Waals surface area (Å²) in [6.45, 7) is 17.1. The van der Waals surface area contributed by atoms with Crippen LogP contribution in [0, 0.1) is 0 Å². The number of rotatable bonds is 6. The van der Waals surface area contributed by atoms with E-state index in [1.165, 1.54) is 9.80 Å². The maximum Gasteiger partial charge on any atom is 0.267 e. The highest BCUT2D eigenvalue weighted by atomic mass is 32.2. The molecule has 4 rings (SSSR count). The van der Waals surface area contributed by atoms with Gasteiger partial charge in [0.05, 0.1) is 9.81 Å². The third kappa shape index (κ3) is 6.33. The molecule has 4 heterocycles. The Balaban J connectivity index is 1.42. The van der Waals surface area contributed by atoms with Crippen LogP contribution in [-0.2, 0) is 19.2 Å². The van der Waals surface area contributed by atoms with Gasteiger partial charge in [0, 0.05) is 48.1 Å². The molecule has 0 atom stereocenters. The molecule has 4 amide bonds. The van der Waals surface area contributed by atoms with Crippen molar-refractivity contribution >= 4 is 80.2 Å². The van der Waals surface area contributed by atoms with Crippen molar-refractivity contribution in [3.63, 3.8) is 0 Å². The zero-order valence-electron chi connectivity index (χ0n) is 26.1. The lowest BCUT2D eigenvalue weighted by molar-refractivity contribution is -0.150. The molecule has 4 saturated heterocycles. The molecule has 0 aliphatic carbocycles. The summed E-state index contributed by atoms with van der Waals surface area (Å²) >= 11 is 13.2. The molecule has 12 heteroatoms. The van der Waals surface area contributed by atoms with Crippen molar-refractivity contribution in [2.24, 2.45) is 0 Å². The van der Waals surface area contributed by atoms with Crippen molar-refractivity contribution < 1.29 is 19.2 Å². The van der Waals surface area contributed by atoms with Crippen molar-refractivity contribution in [2.45, 2.75) is 129 Å². The first-order valence-electron chi connectivity index (χ1n) is 14.8. The second kappa shape index (κ2) is 11.8. The molecule has 0 saturated carbocycles. The van der Waals surface area contributed by atoms with Crippen LogP contribution in [0.4, 0.5) is 0 Å². The summed E-state index contributed by atoms with van der Waals surface area (Å²) in [5.74, 6) is -0.753. The topological polar surface area (TPSA) is 81.2 Å². The van der Waals surface area contributed by atoms with Crippen LogP contribution in [0.15, 0.2) is 9.81 Å². The standard InChI is InChI=1S/C30H44N4O4S4/c1-27(2)13-9-14-28(3,4)33(27)19(35)11-17-31-23(37)21(41-25(31)39)22-24(38)32(26(40)42-22)18-12-20(36)34-29(5,6)15-10-16-30(34,7)8/h9-18H2,1-8H3. The van der Waals surface area contributed by atoms with E-state index < -0.39 is 0 Å². The maximum absolute atomic E-state index is 13.5. The molecule has 8 nitrogen and oxygen atoms in total. The normalized spacial score (nSPS) is 26.9. The second-order valence-corrected chi connectivity index (χ2v) is 17.5.